The zero-order valence-electron chi connectivity index (χ0n) is 16.5. The van der Waals surface area contributed by atoms with Crippen LogP contribution < -0.4 is 10.1 Å². The topological polar surface area (TPSA) is 80.5 Å². The van der Waals surface area contributed by atoms with Crippen molar-refractivity contribution in [1.29, 1.82) is 0 Å². The number of aromatic nitrogens is 2. The van der Waals surface area contributed by atoms with E-state index in [0.717, 1.165) is 50.1 Å². The molecule has 5 rings (SSSR count). The van der Waals surface area contributed by atoms with Crippen molar-refractivity contribution >= 4 is 23.5 Å². The van der Waals surface area contributed by atoms with Crippen LogP contribution in [0.15, 0.2) is 22.6 Å². The van der Waals surface area contributed by atoms with Gasteiger partial charge in [0.05, 0.1) is 0 Å². The normalized spacial score (nSPS) is 23.2. The first kappa shape index (κ1) is 18.7. The van der Waals surface area contributed by atoms with Crippen LogP contribution in [-0.2, 0) is 11.2 Å². The molecule has 154 valence electrons. The van der Waals surface area contributed by atoms with E-state index in [9.17, 15) is 4.79 Å². The highest BCUT2D eigenvalue weighted by molar-refractivity contribution is 6.30. The smallest absolute Gasteiger partial charge is 0.316 e. The van der Waals surface area contributed by atoms with Gasteiger partial charge in [-0.15, -0.1) is 5.10 Å². The molecule has 3 aliphatic rings. The van der Waals surface area contributed by atoms with Gasteiger partial charge in [0.2, 0.25) is 5.91 Å². The van der Waals surface area contributed by atoms with Crippen LogP contribution in [0.3, 0.4) is 0 Å². The molecule has 0 bridgehead atoms. The Morgan fingerprint density at radius 1 is 1.28 bits per heavy atom. The van der Waals surface area contributed by atoms with Crippen molar-refractivity contribution in [1.82, 2.24) is 15.1 Å². The number of hydrogen-bond acceptors (Lipinski definition) is 6. The Kier molecular flexibility index (Phi) is 4.65. The standard InChI is InChI=1S/C21H25ClN4O3/c1-13(19(27)26-10-8-21(6-7-21)9-11-26)23-20-25-24-18(29-20)17-4-2-14-12-15(22)3-5-16(14)28-17/h3,5,12-13,17H,2,4,6-11H2,1H3,(H,23,25)/t13-,17+/m0/s1. The lowest BCUT2D eigenvalue weighted by Gasteiger charge is -2.33. The van der Waals surface area contributed by atoms with E-state index in [1.54, 1.807) is 0 Å². The van der Waals surface area contributed by atoms with Crippen molar-refractivity contribution in [3.63, 3.8) is 0 Å². The number of piperidine rings is 1. The molecule has 2 aromatic rings. The zero-order valence-corrected chi connectivity index (χ0v) is 17.2. The number of fused-ring (bicyclic) bond motifs is 1. The highest BCUT2D eigenvalue weighted by Gasteiger charge is 2.45. The number of carbonyl (C=O) groups is 1. The third-order valence-electron chi connectivity index (χ3n) is 6.49. The predicted octanol–water partition coefficient (Wildman–Crippen LogP) is 3.99. The monoisotopic (exact) mass is 416 g/mol. The summed E-state index contributed by atoms with van der Waals surface area (Å²) in [7, 11) is 0. The van der Waals surface area contributed by atoms with E-state index in [0.29, 0.717) is 16.3 Å². The average Bonchev–Trinajstić information content (AvgIpc) is 3.31. The summed E-state index contributed by atoms with van der Waals surface area (Å²) in [5, 5.41) is 12.0. The number of likely N-dealkylation sites (tertiary alicyclic amines) is 1. The lowest BCUT2D eigenvalue weighted by atomic mass is 9.93. The molecular weight excluding hydrogens is 392 g/mol. The summed E-state index contributed by atoms with van der Waals surface area (Å²) in [5.41, 5.74) is 1.64. The molecule has 1 aromatic carbocycles. The molecule has 1 saturated heterocycles. The third-order valence-corrected chi connectivity index (χ3v) is 6.72. The van der Waals surface area contributed by atoms with Crippen molar-refractivity contribution in [3.05, 3.63) is 34.7 Å². The van der Waals surface area contributed by atoms with Gasteiger partial charge in [0.15, 0.2) is 6.10 Å². The zero-order chi connectivity index (χ0) is 20.0. The molecule has 0 unspecified atom stereocenters. The van der Waals surface area contributed by atoms with Gasteiger partial charge < -0.3 is 19.4 Å². The Balaban J connectivity index is 1.19. The summed E-state index contributed by atoms with van der Waals surface area (Å²) < 4.78 is 11.8. The highest BCUT2D eigenvalue weighted by atomic mass is 35.5. The molecule has 1 aromatic heterocycles. The first-order valence-electron chi connectivity index (χ1n) is 10.4. The first-order valence-corrected chi connectivity index (χ1v) is 10.7. The van der Waals surface area contributed by atoms with E-state index < -0.39 is 6.04 Å². The van der Waals surface area contributed by atoms with Gasteiger partial charge in [-0.1, -0.05) is 16.7 Å². The van der Waals surface area contributed by atoms with Crippen LogP contribution in [0.4, 0.5) is 6.01 Å². The lowest BCUT2D eigenvalue weighted by molar-refractivity contribution is -0.133. The van der Waals surface area contributed by atoms with E-state index in [-0.39, 0.29) is 18.0 Å². The first-order chi connectivity index (χ1) is 14.0. The van der Waals surface area contributed by atoms with Crippen molar-refractivity contribution in [2.24, 2.45) is 5.41 Å². The molecule has 1 spiro atoms. The number of ether oxygens (including phenoxy) is 1. The van der Waals surface area contributed by atoms with E-state index >= 15 is 0 Å². The maximum absolute atomic E-state index is 12.7. The van der Waals surface area contributed by atoms with Gasteiger partial charge in [-0.25, -0.2) is 0 Å². The maximum Gasteiger partial charge on any atom is 0.316 e. The molecule has 1 aliphatic carbocycles. The number of carbonyl (C=O) groups excluding carboxylic acids is 1. The van der Waals surface area contributed by atoms with Gasteiger partial charge in [-0.3, -0.25) is 4.79 Å². The fraction of sp³-hybridized carbons (Fsp3) is 0.571. The molecule has 3 heterocycles. The second kappa shape index (κ2) is 7.20. The molecule has 1 N–H and O–H groups in total. The van der Waals surface area contributed by atoms with Crippen molar-refractivity contribution in [2.75, 3.05) is 18.4 Å². The van der Waals surface area contributed by atoms with Crippen LogP contribution in [0.25, 0.3) is 0 Å². The molecule has 0 radical (unpaired) electrons. The van der Waals surface area contributed by atoms with E-state index in [1.165, 1.54) is 12.8 Å². The van der Waals surface area contributed by atoms with Gasteiger partial charge in [-0.2, -0.15) is 0 Å². The molecular formula is C21H25ClN4O3. The van der Waals surface area contributed by atoms with Crippen LogP contribution in [0.2, 0.25) is 5.02 Å². The molecule has 1 saturated carbocycles. The Labute approximate surface area is 174 Å². The van der Waals surface area contributed by atoms with Crippen LogP contribution in [0.5, 0.6) is 5.75 Å². The number of rotatable bonds is 4. The highest BCUT2D eigenvalue weighted by Crippen LogP contribution is 2.53. The Morgan fingerprint density at radius 2 is 2.07 bits per heavy atom. The molecule has 29 heavy (non-hydrogen) atoms. The number of nitrogens with one attached hydrogen (secondary N) is 1. The third kappa shape index (κ3) is 3.80. The number of aryl methyl sites for hydroxylation is 1. The molecule has 8 heteroatoms. The molecule has 2 aliphatic heterocycles. The second-order valence-electron chi connectivity index (χ2n) is 8.53. The Bertz CT molecular complexity index is 916. The summed E-state index contributed by atoms with van der Waals surface area (Å²) >= 11 is 6.04. The number of hydrogen-bond donors (Lipinski definition) is 1. The largest absolute Gasteiger partial charge is 0.480 e. The van der Waals surface area contributed by atoms with Crippen molar-refractivity contribution in [3.8, 4) is 5.75 Å². The molecule has 2 fully saturated rings. The number of amides is 1. The number of anilines is 1. The van der Waals surface area contributed by atoms with E-state index in [2.05, 4.69) is 15.5 Å². The Hall–Kier alpha value is -2.28. The van der Waals surface area contributed by atoms with Crippen molar-refractivity contribution < 1.29 is 13.9 Å². The minimum atomic E-state index is -0.410. The van der Waals surface area contributed by atoms with Crippen molar-refractivity contribution in [2.45, 2.75) is 57.6 Å². The van der Waals surface area contributed by atoms with Gasteiger partial charge in [0.25, 0.3) is 5.89 Å². The van der Waals surface area contributed by atoms with Gasteiger partial charge in [-0.05, 0) is 74.6 Å². The summed E-state index contributed by atoms with van der Waals surface area (Å²) in [5.74, 6) is 1.29. The van der Waals surface area contributed by atoms with E-state index in [1.807, 2.05) is 30.0 Å². The molecule has 1 amide bonds. The fourth-order valence-electron chi connectivity index (χ4n) is 4.35. The Morgan fingerprint density at radius 3 is 2.83 bits per heavy atom. The molecule has 2 atom stereocenters. The summed E-state index contributed by atoms with van der Waals surface area (Å²) in [4.78, 5) is 14.7. The predicted molar refractivity (Wildman–Crippen MR) is 108 cm³/mol. The summed E-state index contributed by atoms with van der Waals surface area (Å²) in [6.45, 7) is 3.53. The van der Waals surface area contributed by atoms with Crippen LogP contribution in [0.1, 0.15) is 56.6 Å². The lowest BCUT2D eigenvalue weighted by Crippen LogP contribution is -2.45. The summed E-state index contributed by atoms with van der Waals surface area (Å²) in [6.07, 6.45) is 6.18. The minimum Gasteiger partial charge on any atom is -0.480 e. The average molecular weight is 417 g/mol. The fourth-order valence-corrected chi connectivity index (χ4v) is 4.55. The quantitative estimate of drug-likeness (QED) is 0.811. The molecule has 7 nitrogen and oxygen atoms in total. The number of halogens is 1. The van der Waals surface area contributed by atoms with Crippen LogP contribution in [-0.4, -0.2) is 40.1 Å². The van der Waals surface area contributed by atoms with Gasteiger partial charge in [0.1, 0.15) is 11.8 Å². The number of benzene rings is 1. The van der Waals surface area contributed by atoms with Crippen LogP contribution >= 0.6 is 11.6 Å². The summed E-state index contributed by atoms with van der Waals surface area (Å²) in [6, 6.07) is 5.44. The SMILES string of the molecule is C[C@H](Nc1nnc([C@H]2CCc3cc(Cl)ccc3O2)o1)C(=O)N1CCC2(CC1)CC2. The van der Waals surface area contributed by atoms with E-state index in [4.69, 9.17) is 20.8 Å². The van der Waals surface area contributed by atoms with Gasteiger partial charge in [0, 0.05) is 18.1 Å². The minimum absolute atomic E-state index is 0.0833. The van der Waals surface area contributed by atoms with Gasteiger partial charge >= 0.3 is 6.01 Å². The second-order valence-corrected chi connectivity index (χ2v) is 8.97. The maximum atomic E-state index is 12.7. The van der Waals surface area contributed by atoms with Crippen LogP contribution in [0, 0.1) is 5.41 Å². The number of nitrogens with zero attached hydrogens (tertiary/aromatic N) is 3.